The number of carbonyl (C=O) groups is 1. The first kappa shape index (κ1) is 22.1. The van der Waals surface area contributed by atoms with E-state index in [1.807, 2.05) is 0 Å². The van der Waals surface area contributed by atoms with Gasteiger partial charge in [-0.2, -0.15) is 0 Å². The number of aromatic nitrogens is 2. The lowest BCUT2D eigenvalue weighted by molar-refractivity contribution is -0.120. The maximum atomic E-state index is 12.9. The van der Waals surface area contributed by atoms with Crippen LogP contribution in [0.3, 0.4) is 0 Å². The Morgan fingerprint density at radius 3 is 2.93 bits per heavy atom. The lowest BCUT2D eigenvalue weighted by atomic mass is 9.78. The highest BCUT2D eigenvalue weighted by Crippen LogP contribution is 2.29. The number of benzene rings is 1. The molecule has 0 spiro atoms. The fourth-order valence-corrected chi connectivity index (χ4v) is 4.83. The van der Waals surface area contributed by atoms with Crippen LogP contribution in [0.1, 0.15) is 33.1 Å². The number of ether oxygens (including phenoxy) is 1. The van der Waals surface area contributed by atoms with E-state index in [1.54, 1.807) is 29.9 Å². The summed E-state index contributed by atoms with van der Waals surface area (Å²) in [6.45, 7) is 5.22. The first-order chi connectivity index (χ1) is 13.9. The molecule has 3 atom stereocenters. The van der Waals surface area contributed by atoms with E-state index >= 15 is 0 Å². The molecule has 1 aliphatic rings. The van der Waals surface area contributed by atoms with E-state index in [0.717, 1.165) is 12.8 Å². The summed E-state index contributed by atoms with van der Waals surface area (Å²) >= 11 is 7.34. The highest BCUT2D eigenvalue weighted by molar-refractivity contribution is 7.99. The predicted octanol–water partition coefficient (Wildman–Crippen LogP) is 3.73. The van der Waals surface area contributed by atoms with Gasteiger partial charge in [0, 0.05) is 18.2 Å². The molecule has 158 valence electrons. The second-order valence-corrected chi connectivity index (χ2v) is 9.11. The van der Waals surface area contributed by atoms with Crippen LogP contribution in [-0.2, 0) is 16.1 Å². The average Bonchev–Trinajstić information content (AvgIpc) is 2.69. The topological polar surface area (TPSA) is 73.2 Å². The Labute approximate surface area is 180 Å². The van der Waals surface area contributed by atoms with Crippen LogP contribution in [0.5, 0.6) is 0 Å². The molecule has 1 fully saturated rings. The van der Waals surface area contributed by atoms with E-state index in [1.165, 1.54) is 18.2 Å². The van der Waals surface area contributed by atoms with Crippen molar-refractivity contribution in [3.63, 3.8) is 0 Å². The van der Waals surface area contributed by atoms with Crippen molar-refractivity contribution in [3.05, 3.63) is 33.6 Å². The van der Waals surface area contributed by atoms with Crippen molar-refractivity contribution in [2.45, 2.75) is 50.9 Å². The molecular weight excluding hydrogens is 410 g/mol. The first-order valence-electron chi connectivity index (χ1n) is 10.0. The van der Waals surface area contributed by atoms with Crippen molar-refractivity contribution >= 4 is 40.2 Å². The van der Waals surface area contributed by atoms with Crippen LogP contribution in [0.25, 0.3) is 10.9 Å². The zero-order chi connectivity index (χ0) is 21.0. The molecular formula is C21H28ClN3O3S. The number of hydrogen-bond acceptors (Lipinski definition) is 5. The number of rotatable bonds is 7. The van der Waals surface area contributed by atoms with Crippen LogP contribution in [0, 0.1) is 11.8 Å². The normalized spacial score (nSPS) is 22.0. The molecule has 0 radical (unpaired) electrons. The number of carbonyl (C=O) groups excluding carboxylic acids is 1. The van der Waals surface area contributed by atoms with Gasteiger partial charge >= 0.3 is 0 Å². The molecule has 1 heterocycles. The van der Waals surface area contributed by atoms with Crippen LogP contribution in [0.4, 0.5) is 0 Å². The Balaban J connectivity index is 1.77. The number of halogens is 1. The second kappa shape index (κ2) is 9.96. The van der Waals surface area contributed by atoms with Crippen molar-refractivity contribution in [2.75, 3.05) is 19.5 Å². The number of fused-ring (bicyclic) bond motifs is 1. The number of nitrogens with one attached hydrogen (secondary N) is 1. The zero-order valence-electron chi connectivity index (χ0n) is 17.1. The van der Waals surface area contributed by atoms with E-state index in [0.29, 0.717) is 46.1 Å². The molecule has 1 aromatic heterocycles. The second-order valence-electron chi connectivity index (χ2n) is 7.74. The highest BCUT2D eigenvalue weighted by Gasteiger charge is 2.28. The van der Waals surface area contributed by atoms with E-state index in [-0.39, 0.29) is 23.3 Å². The predicted molar refractivity (Wildman–Crippen MR) is 118 cm³/mol. The van der Waals surface area contributed by atoms with E-state index in [2.05, 4.69) is 24.1 Å². The van der Waals surface area contributed by atoms with E-state index in [4.69, 9.17) is 16.3 Å². The van der Waals surface area contributed by atoms with Gasteiger partial charge in [0.1, 0.15) is 0 Å². The fraction of sp³-hybridized carbons (Fsp3) is 0.571. The molecule has 0 saturated heterocycles. The van der Waals surface area contributed by atoms with Crippen molar-refractivity contribution in [1.82, 2.24) is 14.9 Å². The average molecular weight is 438 g/mol. The quantitative estimate of drug-likeness (QED) is 0.527. The van der Waals surface area contributed by atoms with Gasteiger partial charge in [0.25, 0.3) is 5.56 Å². The summed E-state index contributed by atoms with van der Waals surface area (Å²) < 4.78 is 6.71. The van der Waals surface area contributed by atoms with Crippen LogP contribution < -0.4 is 10.9 Å². The minimum atomic E-state index is -0.152. The molecule has 1 aliphatic carbocycles. The lowest BCUT2D eigenvalue weighted by Gasteiger charge is -2.34. The number of nitrogens with zero attached hydrogens (tertiary/aromatic N) is 2. The van der Waals surface area contributed by atoms with Gasteiger partial charge in [0.15, 0.2) is 5.16 Å². The van der Waals surface area contributed by atoms with Crippen LogP contribution >= 0.6 is 23.4 Å². The molecule has 1 N–H and O–H groups in total. The summed E-state index contributed by atoms with van der Waals surface area (Å²) in [4.78, 5) is 30.1. The zero-order valence-corrected chi connectivity index (χ0v) is 18.7. The van der Waals surface area contributed by atoms with Gasteiger partial charge in [0.2, 0.25) is 5.91 Å². The van der Waals surface area contributed by atoms with Gasteiger partial charge in [-0.15, -0.1) is 0 Å². The molecule has 1 amide bonds. The highest BCUT2D eigenvalue weighted by atomic mass is 35.5. The molecule has 3 rings (SSSR count). The third kappa shape index (κ3) is 5.32. The minimum absolute atomic E-state index is 0.0281. The molecule has 3 unspecified atom stereocenters. The minimum Gasteiger partial charge on any atom is -0.383 e. The third-order valence-corrected chi connectivity index (χ3v) is 7.00. The van der Waals surface area contributed by atoms with Crippen LogP contribution in [0.15, 0.2) is 28.2 Å². The van der Waals surface area contributed by atoms with Crippen molar-refractivity contribution in [1.29, 1.82) is 0 Å². The Bertz CT molecular complexity index is 933. The fourth-order valence-electron chi connectivity index (χ4n) is 3.83. The van der Waals surface area contributed by atoms with Gasteiger partial charge in [-0.05, 0) is 36.5 Å². The molecule has 6 nitrogen and oxygen atoms in total. The standard InChI is InChI=1S/C21H28ClN3O3S/c1-13-5-4-6-17(14(13)2)23-19(26)12-29-21-24-18-11-15(22)7-8-16(18)20(27)25(21)9-10-28-3/h7-8,11,13-14,17H,4-6,9-10,12H2,1-3H3,(H,23,26). The first-order valence-corrected chi connectivity index (χ1v) is 11.4. The summed E-state index contributed by atoms with van der Waals surface area (Å²) in [6, 6.07) is 5.25. The lowest BCUT2D eigenvalue weighted by Crippen LogP contribution is -2.44. The summed E-state index contributed by atoms with van der Waals surface area (Å²) in [5, 5.41) is 4.70. The van der Waals surface area contributed by atoms with Crippen LogP contribution in [0.2, 0.25) is 5.02 Å². The largest absolute Gasteiger partial charge is 0.383 e. The molecule has 1 aromatic carbocycles. The van der Waals surface area contributed by atoms with Crippen molar-refractivity contribution in [3.8, 4) is 0 Å². The summed E-state index contributed by atoms with van der Waals surface area (Å²) in [6.07, 6.45) is 3.39. The third-order valence-electron chi connectivity index (χ3n) is 5.79. The summed E-state index contributed by atoms with van der Waals surface area (Å²) in [5.74, 6) is 1.27. The number of thioether (sulfide) groups is 1. The maximum absolute atomic E-state index is 12.9. The number of amides is 1. The van der Waals surface area contributed by atoms with Gasteiger partial charge < -0.3 is 10.1 Å². The Kier molecular flexibility index (Phi) is 7.60. The van der Waals surface area contributed by atoms with Crippen molar-refractivity contribution in [2.24, 2.45) is 11.8 Å². The van der Waals surface area contributed by atoms with Crippen LogP contribution in [-0.4, -0.2) is 41.0 Å². The Morgan fingerprint density at radius 1 is 1.38 bits per heavy atom. The molecule has 0 bridgehead atoms. The molecule has 0 aliphatic heterocycles. The van der Waals surface area contributed by atoms with E-state index < -0.39 is 0 Å². The Hall–Kier alpha value is -1.57. The van der Waals surface area contributed by atoms with Gasteiger partial charge in [-0.25, -0.2) is 4.98 Å². The molecule has 8 heteroatoms. The molecule has 1 saturated carbocycles. The van der Waals surface area contributed by atoms with Gasteiger partial charge in [-0.1, -0.05) is 50.1 Å². The smallest absolute Gasteiger partial charge is 0.262 e. The van der Waals surface area contributed by atoms with E-state index in [9.17, 15) is 9.59 Å². The van der Waals surface area contributed by atoms with Crippen molar-refractivity contribution < 1.29 is 9.53 Å². The van der Waals surface area contributed by atoms with Gasteiger partial charge in [-0.3, -0.25) is 14.2 Å². The SMILES string of the molecule is COCCn1c(SCC(=O)NC2CCCC(C)C2C)nc2cc(Cl)ccc2c1=O. The number of methoxy groups -OCH3 is 1. The number of hydrogen-bond donors (Lipinski definition) is 1. The molecule has 2 aromatic rings. The summed E-state index contributed by atoms with van der Waals surface area (Å²) in [5.41, 5.74) is 0.384. The maximum Gasteiger partial charge on any atom is 0.262 e. The Morgan fingerprint density at radius 2 is 2.17 bits per heavy atom. The van der Waals surface area contributed by atoms with Gasteiger partial charge in [0.05, 0.1) is 29.8 Å². The summed E-state index contributed by atoms with van der Waals surface area (Å²) in [7, 11) is 1.59. The molecule has 29 heavy (non-hydrogen) atoms. The monoisotopic (exact) mass is 437 g/mol.